The number of fused-ring (bicyclic) bond motifs is 2. The third kappa shape index (κ3) is 4.70. The van der Waals surface area contributed by atoms with Gasteiger partial charge >= 0.3 is 0 Å². The summed E-state index contributed by atoms with van der Waals surface area (Å²) in [5.41, 5.74) is 3.89. The van der Waals surface area contributed by atoms with Gasteiger partial charge in [0, 0.05) is 43.1 Å². The van der Waals surface area contributed by atoms with Crippen molar-refractivity contribution in [1.29, 1.82) is 0 Å². The number of likely N-dealkylation sites (tertiary alicyclic amines) is 1. The van der Waals surface area contributed by atoms with Crippen molar-refractivity contribution in [2.24, 2.45) is 0 Å². The van der Waals surface area contributed by atoms with Gasteiger partial charge in [-0.15, -0.1) is 0 Å². The maximum Gasteiger partial charge on any atom is 0.245 e. The van der Waals surface area contributed by atoms with Crippen molar-refractivity contribution >= 4 is 40.0 Å². The minimum Gasteiger partial charge on any atom is -0.346 e. The van der Waals surface area contributed by atoms with Crippen molar-refractivity contribution in [3.63, 3.8) is 0 Å². The number of rotatable bonds is 6. The zero-order chi connectivity index (χ0) is 25.4. The van der Waals surface area contributed by atoms with Gasteiger partial charge < -0.3 is 15.2 Å². The van der Waals surface area contributed by atoms with Crippen LogP contribution in [0.2, 0.25) is 5.02 Å². The van der Waals surface area contributed by atoms with Crippen LogP contribution in [0, 0.1) is 0 Å². The van der Waals surface area contributed by atoms with E-state index in [1.54, 1.807) is 12.7 Å². The summed E-state index contributed by atoms with van der Waals surface area (Å²) in [5, 5.41) is 9.39. The highest BCUT2D eigenvalue weighted by molar-refractivity contribution is 6.31. The maximum absolute atomic E-state index is 12.0. The van der Waals surface area contributed by atoms with E-state index >= 15 is 0 Å². The second-order valence-electron chi connectivity index (χ2n) is 9.53. The molecular weight excluding hydrogens is 490 g/mol. The number of aromatic amines is 1. The fraction of sp³-hybridized carbons (Fsp3) is 0.346. The highest BCUT2D eigenvalue weighted by Gasteiger charge is 2.26. The molecule has 1 fully saturated rings. The molecule has 0 atom stereocenters. The first-order chi connectivity index (χ1) is 18.1. The molecule has 3 aromatic heterocycles. The average Bonchev–Trinajstić information content (AvgIpc) is 3.57. The Morgan fingerprint density at radius 1 is 1.16 bits per heavy atom. The van der Waals surface area contributed by atoms with Crippen LogP contribution in [0.4, 0.5) is 11.5 Å². The Kier molecular flexibility index (Phi) is 6.35. The number of benzene rings is 1. The molecule has 1 aromatic carbocycles. The van der Waals surface area contributed by atoms with Gasteiger partial charge in [-0.1, -0.05) is 24.2 Å². The van der Waals surface area contributed by atoms with Crippen LogP contribution < -0.4 is 5.32 Å². The highest BCUT2D eigenvalue weighted by Crippen LogP contribution is 2.36. The van der Waals surface area contributed by atoms with E-state index in [0.717, 1.165) is 72.9 Å². The standard InChI is InChI=1S/C26H28ClN9O/c1-2-23(37)35-7-5-17(6-8-35)20-12-28-25-24(20)26(31-15-30-25)33-19-4-3-18(21(27)11-19)13-34-9-10-36-22(14-34)29-16-32-36/h2-4,11-12,15-17H,1,5-10,13-14H2,(H2,28,30,31,33). The van der Waals surface area contributed by atoms with Crippen molar-refractivity contribution in [1.82, 2.24) is 39.5 Å². The smallest absolute Gasteiger partial charge is 0.245 e. The first-order valence-corrected chi connectivity index (χ1v) is 12.8. The molecule has 4 aromatic rings. The normalized spacial score (nSPS) is 16.6. The van der Waals surface area contributed by atoms with E-state index in [1.807, 2.05) is 27.9 Å². The molecule has 0 bridgehead atoms. The van der Waals surface area contributed by atoms with Gasteiger partial charge in [-0.3, -0.25) is 9.69 Å². The van der Waals surface area contributed by atoms with Gasteiger partial charge in [0.1, 0.15) is 29.9 Å². The Morgan fingerprint density at radius 2 is 2.03 bits per heavy atom. The van der Waals surface area contributed by atoms with Crippen molar-refractivity contribution < 1.29 is 4.79 Å². The van der Waals surface area contributed by atoms with Crippen LogP contribution >= 0.6 is 11.6 Å². The van der Waals surface area contributed by atoms with Crippen LogP contribution in [-0.4, -0.2) is 65.1 Å². The number of halogens is 1. The van der Waals surface area contributed by atoms with Gasteiger partial charge in [0.25, 0.3) is 0 Å². The third-order valence-corrected chi connectivity index (χ3v) is 7.67. The lowest BCUT2D eigenvalue weighted by molar-refractivity contribution is -0.127. The lowest BCUT2D eigenvalue weighted by Gasteiger charge is -2.31. The first kappa shape index (κ1) is 23.6. The van der Waals surface area contributed by atoms with Crippen LogP contribution in [0.1, 0.15) is 35.7 Å². The number of H-pyrrole nitrogens is 1. The number of nitrogens with one attached hydrogen (secondary N) is 2. The second-order valence-corrected chi connectivity index (χ2v) is 9.94. The van der Waals surface area contributed by atoms with Crippen molar-refractivity contribution in [2.75, 3.05) is 25.0 Å². The van der Waals surface area contributed by atoms with Crippen molar-refractivity contribution in [3.8, 4) is 0 Å². The van der Waals surface area contributed by atoms with Gasteiger partial charge in [-0.25, -0.2) is 19.6 Å². The summed E-state index contributed by atoms with van der Waals surface area (Å²) in [6.07, 6.45) is 8.34. The molecule has 2 aliphatic rings. The average molecular weight is 518 g/mol. The van der Waals surface area contributed by atoms with Crippen LogP contribution in [0.25, 0.3) is 11.0 Å². The van der Waals surface area contributed by atoms with Gasteiger partial charge in [0.05, 0.1) is 18.5 Å². The summed E-state index contributed by atoms with van der Waals surface area (Å²) in [4.78, 5) is 32.8. The molecule has 0 spiro atoms. The summed E-state index contributed by atoms with van der Waals surface area (Å²) < 4.78 is 1.95. The Bertz CT molecular complexity index is 1450. The molecule has 1 amide bonds. The predicted octanol–water partition coefficient (Wildman–Crippen LogP) is 3.85. The topological polar surface area (TPSA) is 108 Å². The molecule has 10 nitrogen and oxygen atoms in total. The Hall–Kier alpha value is -3.76. The largest absolute Gasteiger partial charge is 0.346 e. The van der Waals surface area contributed by atoms with Crippen LogP contribution in [-0.2, 0) is 24.4 Å². The quantitative estimate of drug-likeness (QED) is 0.374. The lowest BCUT2D eigenvalue weighted by Crippen LogP contribution is -2.36. The summed E-state index contributed by atoms with van der Waals surface area (Å²) in [5.74, 6) is 2.03. The molecule has 11 heteroatoms. The van der Waals surface area contributed by atoms with E-state index in [0.29, 0.717) is 24.0 Å². The second kappa shape index (κ2) is 9.95. The molecular formula is C26H28ClN9O. The summed E-state index contributed by atoms with van der Waals surface area (Å²) in [6.45, 7) is 8.27. The van der Waals surface area contributed by atoms with Crippen LogP contribution in [0.5, 0.6) is 0 Å². The Labute approximate surface area is 219 Å². The maximum atomic E-state index is 12.0. The number of carbonyl (C=O) groups excluding carboxylic acids is 1. The molecule has 37 heavy (non-hydrogen) atoms. The number of carbonyl (C=O) groups is 1. The number of hydrogen-bond donors (Lipinski definition) is 2. The number of aromatic nitrogens is 6. The van der Waals surface area contributed by atoms with E-state index in [2.05, 4.69) is 47.9 Å². The van der Waals surface area contributed by atoms with Gasteiger partial charge in [-0.05, 0) is 48.1 Å². The summed E-state index contributed by atoms with van der Waals surface area (Å²) in [7, 11) is 0. The third-order valence-electron chi connectivity index (χ3n) is 7.32. The monoisotopic (exact) mass is 517 g/mol. The minimum atomic E-state index is -0.00745. The lowest BCUT2D eigenvalue weighted by atomic mass is 9.89. The molecule has 6 rings (SSSR count). The summed E-state index contributed by atoms with van der Waals surface area (Å²) >= 11 is 6.72. The number of anilines is 2. The fourth-order valence-electron chi connectivity index (χ4n) is 5.32. The SMILES string of the molecule is C=CC(=O)N1CCC(c2c[nH]c3ncnc(Nc4ccc(CN5CCn6ncnc6C5)c(Cl)c4)c23)CC1. The number of amides is 1. The zero-order valence-electron chi connectivity index (χ0n) is 20.4. The number of hydrogen-bond acceptors (Lipinski definition) is 7. The predicted molar refractivity (Wildman–Crippen MR) is 142 cm³/mol. The van der Waals surface area contributed by atoms with E-state index in [-0.39, 0.29) is 5.91 Å². The molecule has 2 aliphatic heterocycles. The molecule has 0 saturated carbocycles. The van der Waals surface area contributed by atoms with Gasteiger partial charge in [0.15, 0.2) is 0 Å². The van der Waals surface area contributed by atoms with Gasteiger partial charge in [-0.2, -0.15) is 5.10 Å². The van der Waals surface area contributed by atoms with Crippen molar-refractivity contribution in [2.45, 2.75) is 38.4 Å². The first-order valence-electron chi connectivity index (χ1n) is 12.5. The summed E-state index contributed by atoms with van der Waals surface area (Å²) in [6, 6.07) is 6.04. The Balaban J connectivity index is 1.19. The molecule has 2 N–H and O–H groups in total. The Morgan fingerprint density at radius 3 is 2.84 bits per heavy atom. The van der Waals surface area contributed by atoms with E-state index in [4.69, 9.17) is 11.6 Å². The van der Waals surface area contributed by atoms with E-state index in [1.165, 1.54) is 11.6 Å². The van der Waals surface area contributed by atoms with Crippen molar-refractivity contribution in [3.05, 3.63) is 71.7 Å². The van der Waals surface area contributed by atoms with Crippen LogP contribution in [0.15, 0.2) is 49.7 Å². The minimum absolute atomic E-state index is 0.00745. The van der Waals surface area contributed by atoms with E-state index < -0.39 is 0 Å². The number of nitrogens with zero attached hydrogens (tertiary/aromatic N) is 7. The molecule has 0 radical (unpaired) electrons. The highest BCUT2D eigenvalue weighted by atomic mass is 35.5. The van der Waals surface area contributed by atoms with Crippen LogP contribution in [0.3, 0.4) is 0 Å². The molecule has 190 valence electrons. The number of piperidine rings is 1. The molecule has 0 unspecified atom stereocenters. The zero-order valence-corrected chi connectivity index (χ0v) is 21.2. The molecule has 1 saturated heterocycles. The van der Waals surface area contributed by atoms with E-state index in [9.17, 15) is 4.79 Å². The molecule has 5 heterocycles. The fourth-order valence-corrected chi connectivity index (χ4v) is 5.56. The van der Waals surface area contributed by atoms with Gasteiger partial charge in [0.2, 0.25) is 5.91 Å². The molecule has 0 aliphatic carbocycles.